The molecular formula is C14H19NO4. The highest BCUT2D eigenvalue weighted by Gasteiger charge is 2.23. The number of benzene rings is 1. The lowest BCUT2D eigenvalue weighted by atomic mass is 9.92. The number of aliphatic hydroxyl groups is 1. The molecule has 2 atom stereocenters. The minimum absolute atomic E-state index is 0.110. The van der Waals surface area contributed by atoms with Crippen LogP contribution in [0.5, 0.6) is 17.2 Å². The van der Waals surface area contributed by atoms with Crippen molar-refractivity contribution in [3.8, 4) is 17.2 Å². The van der Waals surface area contributed by atoms with Gasteiger partial charge >= 0.3 is 0 Å². The maximum absolute atomic E-state index is 9.93. The van der Waals surface area contributed by atoms with E-state index < -0.39 is 0 Å². The zero-order valence-electron chi connectivity index (χ0n) is 10.8. The van der Waals surface area contributed by atoms with Crippen molar-refractivity contribution in [1.82, 2.24) is 5.32 Å². The van der Waals surface area contributed by atoms with Crippen LogP contribution in [0.4, 0.5) is 0 Å². The number of hydrogen-bond donors (Lipinski definition) is 3. The van der Waals surface area contributed by atoms with Gasteiger partial charge in [0.05, 0.1) is 6.10 Å². The van der Waals surface area contributed by atoms with Crippen LogP contribution in [-0.4, -0.2) is 29.2 Å². The molecule has 0 spiro atoms. The van der Waals surface area contributed by atoms with E-state index in [4.69, 9.17) is 9.47 Å². The van der Waals surface area contributed by atoms with Gasteiger partial charge in [0.1, 0.15) is 5.75 Å². The lowest BCUT2D eigenvalue weighted by Gasteiger charge is -2.28. The van der Waals surface area contributed by atoms with Gasteiger partial charge < -0.3 is 25.0 Å². The molecule has 1 aliphatic heterocycles. The van der Waals surface area contributed by atoms with E-state index in [9.17, 15) is 10.2 Å². The summed E-state index contributed by atoms with van der Waals surface area (Å²) in [5.74, 6) is 1.44. The second kappa shape index (κ2) is 5.27. The first-order chi connectivity index (χ1) is 9.24. The topological polar surface area (TPSA) is 71.0 Å². The van der Waals surface area contributed by atoms with E-state index in [2.05, 4.69) is 5.32 Å². The van der Waals surface area contributed by atoms with Gasteiger partial charge in [-0.15, -0.1) is 0 Å². The van der Waals surface area contributed by atoms with Crippen molar-refractivity contribution in [3.63, 3.8) is 0 Å². The number of phenolic OH excluding ortho intramolecular Hbond substituents is 1. The van der Waals surface area contributed by atoms with Crippen LogP contribution >= 0.6 is 0 Å². The molecular weight excluding hydrogens is 246 g/mol. The quantitative estimate of drug-likeness (QED) is 0.773. The number of hydrogen-bond acceptors (Lipinski definition) is 5. The maximum atomic E-state index is 9.93. The summed E-state index contributed by atoms with van der Waals surface area (Å²) in [5, 5.41) is 23.1. The van der Waals surface area contributed by atoms with Crippen molar-refractivity contribution in [2.75, 3.05) is 6.79 Å². The second-order valence-electron chi connectivity index (χ2n) is 5.17. The minimum Gasteiger partial charge on any atom is -0.507 e. The maximum Gasteiger partial charge on any atom is 0.231 e. The highest BCUT2D eigenvalue weighted by Crippen LogP contribution is 2.37. The Morgan fingerprint density at radius 1 is 1.16 bits per heavy atom. The summed E-state index contributed by atoms with van der Waals surface area (Å²) in [6, 6.07) is 3.48. The molecule has 19 heavy (non-hydrogen) atoms. The van der Waals surface area contributed by atoms with Crippen molar-refractivity contribution in [2.24, 2.45) is 0 Å². The molecule has 1 aromatic rings. The molecule has 1 aliphatic carbocycles. The molecule has 1 saturated carbocycles. The van der Waals surface area contributed by atoms with Gasteiger partial charge in [0.25, 0.3) is 0 Å². The molecule has 2 unspecified atom stereocenters. The normalized spacial score (nSPS) is 25.5. The third-order valence-corrected chi connectivity index (χ3v) is 3.86. The number of ether oxygens (including phenoxy) is 2. The molecule has 5 heteroatoms. The van der Waals surface area contributed by atoms with E-state index in [0.717, 1.165) is 31.2 Å². The monoisotopic (exact) mass is 265 g/mol. The van der Waals surface area contributed by atoms with Gasteiger partial charge in [-0.1, -0.05) is 12.8 Å². The molecule has 0 bridgehead atoms. The van der Waals surface area contributed by atoms with E-state index >= 15 is 0 Å². The van der Waals surface area contributed by atoms with Crippen LogP contribution in [-0.2, 0) is 6.54 Å². The molecule has 1 aromatic carbocycles. The molecule has 1 fully saturated rings. The Labute approximate surface area is 112 Å². The summed E-state index contributed by atoms with van der Waals surface area (Å²) < 4.78 is 10.5. The number of rotatable bonds is 3. The standard InChI is InChI=1S/C14H19NO4/c16-11-4-2-1-3-10(11)15-7-9-5-13-14(6-12(9)17)19-8-18-13/h5-6,10-11,15-17H,1-4,7-8H2. The third kappa shape index (κ3) is 2.62. The van der Waals surface area contributed by atoms with Crippen LogP contribution in [0.1, 0.15) is 31.2 Å². The van der Waals surface area contributed by atoms with E-state index in [1.807, 2.05) is 0 Å². The van der Waals surface area contributed by atoms with Crippen molar-refractivity contribution in [1.29, 1.82) is 0 Å². The summed E-state index contributed by atoms with van der Waals surface area (Å²) in [6.45, 7) is 0.719. The Kier molecular flexibility index (Phi) is 3.48. The van der Waals surface area contributed by atoms with E-state index in [1.165, 1.54) is 0 Å². The Hall–Kier alpha value is -1.46. The molecule has 5 nitrogen and oxygen atoms in total. The smallest absolute Gasteiger partial charge is 0.231 e. The predicted molar refractivity (Wildman–Crippen MR) is 69.3 cm³/mol. The Balaban J connectivity index is 1.66. The van der Waals surface area contributed by atoms with Crippen molar-refractivity contribution < 1.29 is 19.7 Å². The first kappa shape index (κ1) is 12.6. The van der Waals surface area contributed by atoms with Gasteiger partial charge in [0.2, 0.25) is 6.79 Å². The highest BCUT2D eigenvalue weighted by atomic mass is 16.7. The summed E-state index contributed by atoms with van der Waals surface area (Å²) in [4.78, 5) is 0. The van der Waals surface area contributed by atoms with Crippen LogP contribution in [0, 0.1) is 0 Å². The molecule has 0 saturated heterocycles. The van der Waals surface area contributed by atoms with Gasteiger partial charge in [-0.2, -0.15) is 0 Å². The fraction of sp³-hybridized carbons (Fsp3) is 0.571. The Bertz CT molecular complexity index is 463. The lowest BCUT2D eigenvalue weighted by Crippen LogP contribution is -2.41. The number of aliphatic hydroxyl groups excluding tert-OH is 1. The fourth-order valence-electron chi connectivity index (χ4n) is 2.71. The van der Waals surface area contributed by atoms with E-state index in [1.54, 1.807) is 12.1 Å². The number of fused-ring (bicyclic) bond motifs is 1. The zero-order valence-corrected chi connectivity index (χ0v) is 10.8. The van der Waals surface area contributed by atoms with Gasteiger partial charge in [-0.25, -0.2) is 0 Å². The molecule has 1 heterocycles. The number of phenols is 1. The molecule has 3 rings (SSSR count). The summed E-state index contributed by atoms with van der Waals surface area (Å²) >= 11 is 0. The van der Waals surface area contributed by atoms with Gasteiger partial charge in [-0.3, -0.25) is 0 Å². The first-order valence-corrected chi connectivity index (χ1v) is 6.77. The van der Waals surface area contributed by atoms with Gasteiger partial charge in [0.15, 0.2) is 11.5 Å². The molecule has 0 radical (unpaired) electrons. The van der Waals surface area contributed by atoms with Crippen LogP contribution in [0.3, 0.4) is 0 Å². The SMILES string of the molecule is Oc1cc2c(cc1CNC1CCCCC1O)OCO2. The highest BCUT2D eigenvalue weighted by molar-refractivity contribution is 5.51. The van der Waals surface area contributed by atoms with E-state index in [0.29, 0.717) is 18.0 Å². The molecule has 0 amide bonds. The molecule has 104 valence electrons. The summed E-state index contributed by atoms with van der Waals surface area (Å²) in [7, 11) is 0. The van der Waals surface area contributed by atoms with Crippen LogP contribution in [0.15, 0.2) is 12.1 Å². The molecule has 0 aromatic heterocycles. The first-order valence-electron chi connectivity index (χ1n) is 6.77. The lowest BCUT2D eigenvalue weighted by molar-refractivity contribution is 0.0901. The van der Waals surface area contributed by atoms with Crippen LogP contribution in [0.2, 0.25) is 0 Å². The van der Waals surface area contributed by atoms with Crippen molar-refractivity contribution >= 4 is 0 Å². The number of nitrogens with one attached hydrogen (secondary N) is 1. The summed E-state index contributed by atoms with van der Waals surface area (Å²) in [5.41, 5.74) is 0.766. The average molecular weight is 265 g/mol. The largest absolute Gasteiger partial charge is 0.507 e. The Morgan fingerprint density at radius 3 is 2.68 bits per heavy atom. The molecule has 3 N–H and O–H groups in total. The molecule has 2 aliphatic rings. The number of aromatic hydroxyl groups is 1. The average Bonchev–Trinajstić information content (AvgIpc) is 2.84. The fourth-order valence-corrected chi connectivity index (χ4v) is 2.71. The van der Waals surface area contributed by atoms with Gasteiger partial charge in [0, 0.05) is 24.2 Å². The van der Waals surface area contributed by atoms with Crippen molar-refractivity contribution in [3.05, 3.63) is 17.7 Å². The van der Waals surface area contributed by atoms with Crippen molar-refractivity contribution in [2.45, 2.75) is 44.4 Å². The van der Waals surface area contributed by atoms with Gasteiger partial charge in [-0.05, 0) is 18.9 Å². The van der Waals surface area contributed by atoms with Crippen LogP contribution < -0.4 is 14.8 Å². The van der Waals surface area contributed by atoms with Crippen LogP contribution in [0.25, 0.3) is 0 Å². The Morgan fingerprint density at radius 2 is 1.89 bits per heavy atom. The minimum atomic E-state index is -0.287. The van der Waals surface area contributed by atoms with E-state index in [-0.39, 0.29) is 24.7 Å². The third-order valence-electron chi connectivity index (χ3n) is 3.86. The predicted octanol–water partition coefficient (Wildman–Crippen LogP) is 1.51. The zero-order chi connectivity index (χ0) is 13.2. The second-order valence-corrected chi connectivity index (χ2v) is 5.17. The summed E-state index contributed by atoms with van der Waals surface area (Å²) in [6.07, 6.45) is 3.78.